The van der Waals surface area contributed by atoms with Gasteiger partial charge in [0.25, 0.3) is 0 Å². The summed E-state index contributed by atoms with van der Waals surface area (Å²) in [4.78, 5) is 13.3. The Morgan fingerprint density at radius 2 is 1.71 bits per heavy atom. The van der Waals surface area contributed by atoms with Gasteiger partial charge in [-0.3, -0.25) is 4.98 Å². The highest BCUT2D eigenvalue weighted by molar-refractivity contribution is 5.65. The minimum Gasteiger partial charge on any atom is -0.349 e. The van der Waals surface area contributed by atoms with E-state index in [4.69, 9.17) is 0 Å². The molecule has 0 fully saturated rings. The molecule has 0 aliphatic heterocycles. The fourth-order valence-electron chi connectivity index (χ4n) is 2.52. The zero-order valence-corrected chi connectivity index (χ0v) is 14.2. The normalized spacial score (nSPS) is 10.5. The highest BCUT2D eigenvalue weighted by atomic mass is 15.1. The number of hydrogen-bond donors (Lipinski definition) is 2. The largest absolute Gasteiger partial charge is 0.349 e. The summed E-state index contributed by atoms with van der Waals surface area (Å²) in [6.07, 6.45) is 1.78. The van der Waals surface area contributed by atoms with Crippen molar-refractivity contribution in [1.82, 2.24) is 15.0 Å². The Labute approximate surface area is 142 Å². The van der Waals surface area contributed by atoms with Crippen LogP contribution in [-0.2, 0) is 6.54 Å². The number of nitrogens with zero attached hydrogens (tertiary/aromatic N) is 3. The highest BCUT2D eigenvalue weighted by Gasteiger charge is 2.06. The second-order valence-corrected chi connectivity index (χ2v) is 5.78. The molecular weight excluding hydrogens is 298 g/mol. The SMILES string of the molecule is Cc1cc(Nc2c(C)cccc2C)nc(NCc2ccccn2)n1. The summed E-state index contributed by atoms with van der Waals surface area (Å²) in [7, 11) is 0. The Morgan fingerprint density at radius 1 is 0.917 bits per heavy atom. The molecule has 0 saturated heterocycles. The quantitative estimate of drug-likeness (QED) is 0.739. The first-order valence-electron chi connectivity index (χ1n) is 7.94. The third kappa shape index (κ3) is 3.87. The van der Waals surface area contributed by atoms with Gasteiger partial charge in [-0.2, -0.15) is 4.98 Å². The summed E-state index contributed by atoms with van der Waals surface area (Å²) in [5, 5.41) is 6.65. The van der Waals surface area contributed by atoms with Crippen LogP contribution in [0.1, 0.15) is 22.5 Å². The van der Waals surface area contributed by atoms with E-state index in [-0.39, 0.29) is 0 Å². The van der Waals surface area contributed by atoms with E-state index in [0.29, 0.717) is 12.5 Å². The van der Waals surface area contributed by atoms with Gasteiger partial charge in [0.2, 0.25) is 5.95 Å². The Bertz CT molecular complexity index is 810. The average molecular weight is 319 g/mol. The molecule has 2 heterocycles. The number of rotatable bonds is 5. The molecule has 24 heavy (non-hydrogen) atoms. The van der Waals surface area contributed by atoms with Crippen molar-refractivity contribution in [2.45, 2.75) is 27.3 Å². The highest BCUT2D eigenvalue weighted by Crippen LogP contribution is 2.24. The maximum atomic E-state index is 4.57. The van der Waals surface area contributed by atoms with E-state index in [0.717, 1.165) is 22.9 Å². The minimum atomic E-state index is 0.590. The van der Waals surface area contributed by atoms with Gasteiger partial charge in [0, 0.05) is 23.6 Å². The number of nitrogens with one attached hydrogen (secondary N) is 2. The summed E-state index contributed by atoms with van der Waals surface area (Å²) in [5.41, 5.74) is 5.32. The monoisotopic (exact) mass is 319 g/mol. The molecular formula is C19H21N5. The van der Waals surface area contributed by atoms with Crippen LogP contribution in [0.2, 0.25) is 0 Å². The van der Waals surface area contributed by atoms with Crippen LogP contribution in [0.4, 0.5) is 17.5 Å². The van der Waals surface area contributed by atoms with Crippen molar-refractivity contribution in [3.63, 3.8) is 0 Å². The number of benzene rings is 1. The van der Waals surface area contributed by atoms with Crippen LogP contribution >= 0.6 is 0 Å². The molecule has 0 atom stereocenters. The van der Waals surface area contributed by atoms with Gasteiger partial charge in [0.1, 0.15) is 5.82 Å². The van der Waals surface area contributed by atoms with Crippen LogP contribution in [0, 0.1) is 20.8 Å². The molecule has 0 unspecified atom stereocenters. The van der Waals surface area contributed by atoms with Gasteiger partial charge in [0.05, 0.1) is 12.2 Å². The lowest BCUT2D eigenvalue weighted by molar-refractivity contribution is 0.991. The third-order valence-electron chi connectivity index (χ3n) is 3.74. The van der Waals surface area contributed by atoms with Gasteiger partial charge < -0.3 is 10.6 Å². The lowest BCUT2D eigenvalue weighted by atomic mass is 10.1. The van der Waals surface area contributed by atoms with Crippen LogP contribution in [-0.4, -0.2) is 15.0 Å². The summed E-state index contributed by atoms with van der Waals surface area (Å²) in [6.45, 7) is 6.73. The Morgan fingerprint density at radius 3 is 2.42 bits per heavy atom. The molecule has 3 aromatic rings. The second-order valence-electron chi connectivity index (χ2n) is 5.78. The molecule has 0 aliphatic carbocycles. The molecule has 0 spiro atoms. The van der Waals surface area contributed by atoms with Crippen molar-refractivity contribution in [2.24, 2.45) is 0 Å². The van der Waals surface area contributed by atoms with Crippen molar-refractivity contribution in [2.75, 3.05) is 10.6 Å². The molecule has 0 amide bonds. The van der Waals surface area contributed by atoms with E-state index in [1.54, 1.807) is 6.20 Å². The molecule has 3 rings (SSSR count). The molecule has 5 nitrogen and oxygen atoms in total. The summed E-state index contributed by atoms with van der Waals surface area (Å²) in [6, 6.07) is 14.0. The Balaban J connectivity index is 1.79. The van der Waals surface area contributed by atoms with Gasteiger partial charge in [-0.15, -0.1) is 0 Å². The summed E-state index contributed by atoms with van der Waals surface area (Å²) >= 11 is 0. The fourth-order valence-corrected chi connectivity index (χ4v) is 2.52. The number of aryl methyl sites for hydroxylation is 3. The zero-order valence-electron chi connectivity index (χ0n) is 14.2. The summed E-state index contributed by atoms with van der Waals surface area (Å²) in [5.74, 6) is 1.37. The fraction of sp³-hybridized carbons (Fsp3) is 0.211. The number of hydrogen-bond acceptors (Lipinski definition) is 5. The predicted octanol–water partition coefficient (Wildman–Crippen LogP) is 4.15. The zero-order chi connectivity index (χ0) is 16.9. The van der Waals surface area contributed by atoms with Gasteiger partial charge in [0.15, 0.2) is 0 Å². The minimum absolute atomic E-state index is 0.590. The first-order valence-corrected chi connectivity index (χ1v) is 7.94. The first kappa shape index (κ1) is 15.9. The van der Waals surface area contributed by atoms with E-state index in [1.807, 2.05) is 31.2 Å². The van der Waals surface area contributed by atoms with Crippen LogP contribution in [0.25, 0.3) is 0 Å². The van der Waals surface area contributed by atoms with Crippen LogP contribution < -0.4 is 10.6 Å². The Hall–Kier alpha value is -2.95. The van der Waals surface area contributed by atoms with Crippen LogP contribution in [0.5, 0.6) is 0 Å². The van der Waals surface area contributed by atoms with Gasteiger partial charge in [-0.1, -0.05) is 24.3 Å². The maximum absolute atomic E-state index is 4.57. The third-order valence-corrected chi connectivity index (χ3v) is 3.74. The van der Waals surface area contributed by atoms with Gasteiger partial charge >= 0.3 is 0 Å². The lowest BCUT2D eigenvalue weighted by Gasteiger charge is -2.13. The van der Waals surface area contributed by atoms with E-state index in [2.05, 4.69) is 57.6 Å². The number of aromatic nitrogens is 3. The molecule has 0 saturated carbocycles. The van der Waals surface area contributed by atoms with Crippen molar-refractivity contribution >= 4 is 17.5 Å². The average Bonchev–Trinajstić information content (AvgIpc) is 2.57. The second kappa shape index (κ2) is 7.08. The van der Waals surface area contributed by atoms with Crippen molar-refractivity contribution in [3.05, 3.63) is 71.2 Å². The van der Waals surface area contributed by atoms with E-state index in [1.165, 1.54) is 11.1 Å². The smallest absolute Gasteiger partial charge is 0.225 e. The summed E-state index contributed by atoms with van der Waals surface area (Å²) < 4.78 is 0. The van der Waals surface area contributed by atoms with E-state index < -0.39 is 0 Å². The topological polar surface area (TPSA) is 62.7 Å². The molecule has 0 aliphatic rings. The number of anilines is 3. The van der Waals surface area contributed by atoms with Crippen LogP contribution in [0.3, 0.4) is 0 Å². The molecule has 2 aromatic heterocycles. The van der Waals surface area contributed by atoms with Gasteiger partial charge in [-0.05, 0) is 44.0 Å². The first-order chi connectivity index (χ1) is 11.6. The standard InChI is InChI=1S/C19H21N5/c1-13-7-6-8-14(2)18(13)23-17-11-15(3)22-19(24-17)21-12-16-9-4-5-10-20-16/h4-11H,12H2,1-3H3,(H2,21,22,23,24). The number of pyridine rings is 1. The predicted molar refractivity (Wildman–Crippen MR) is 97.5 cm³/mol. The van der Waals surface area contributed by atoms with E-state index in [9.17, 15) is 0 Å². The van der Waals surface area contributed by atoms with Crippen molar-refractivity contribution < 1.29 is 0 Å². The maximum Gasteiger partial charge on any atom is 0.225 e. The number of para-hydroxylation sites is 1. The molecule has 5 heteroatoms. The molecule has 122 valence electrons. The van der Waals surface area contributed by atoms with E-state index >= 15 is 0 Å². The lowest BCUT2D eigenvalue weighted by Crippen LogP contribution is -2.07. The molecule has 2 N–H and O–H groups in total. The molecule has 1 aromatic carbocycles. The van der Waals surface area contributed by atoms with Crippen LogP contribution in [0.15, 0.2) is 48.7 Å². The molecule has 0 radical (unpaired) electrons. The molecule has 0 bridgehead atoms. The van der Waals surface area contributed by atoms with Gasteiger partial charge in [-0.25, -0.2) is 4.98 Å². The van der Waals surface area contributed by atoms with Crippen molar-refractivity contribution in [1.29, 1.82) is 0 Å². The Kier molecular flexibility index (Phi) is 4.70. The van der Waals surface area contributed by atoms with Crippen molar-refractivity contribution in [3.8, 4) is 0 Å².